The molecule has 1 rings (SSSR count). The van der Waals surface area contributed by atoms with Crippen LogP contribution < -0.4 is 5.43 Å². The van der Waals surface area contributed by atoms with Gasteiger partial charge in [0, 0.05) is 6.42 Å². The molecule has 0 fully saturated rings. The number of carbonyl (C=O) groups excluding carboxylic acids is 1. The van der Waals surface area contributed by atoms with Gasteiger partial charge in [-0.3, -0.25) is 4.79 Å². The summed E-state index contributed by atoms with van der Waals surface area (Å²) in [7, 11) is 0. The van der Waals surface area contributed by atoms with Gasteiger partial charge in [0.2, 0.25) is 5.91 Å². The minimum absolute atomic E-state index is 0.0295. The fourth-order valence-corrected chi connectivity index (χ4v) is 1.99. The van der Waals surface area contributed by atoms with Crippen LogP contribution in [0.15, 0.2) is 21.7 Å². The Bertz CT molecular complexity index is 410. The first-order valence-electron chi connectivity index (χ1n) is 7.60. The van der Waals surface area contributed by atoms with E-state index in [-0.39, 0.29) is 5.91 Å². The van der Waals surface area contributed by atoms with Crippen LogP contribution in [0.1, 0.15) is 69.8 Å². The maximum atomic E-state index is 11.5. The Hall–Kier alpha value is -1.58. The number of carbonyl (C=O) groups is 1. The van der Waals surface area contributed by atoms with Gasteiger partial charge in [0.25, 0.3) is 0 Å². The number of hydrogen-bond acceptors (Lipinski definition) is 3. The molecule has 0 unspecified atom stereocenters. The summed E-state index contributed by atoms with van der Waals surface area (Å²) in [5, 5.41) is 3.88. The lowest BCUT2D eigenvalue weighted by Gasteiger charge is -2.01. The first-order valence-corrected chi connectivity index (χ1v) is 7.60. The Morgan fingerprint density at radius 1 is 1.20 bits per heavy atom. The average Bonchev–Trinajstić information content (AvgIpc) is 2.83. The quantitative estimate of drug-likeness (QED) is 0.396. The third-order valence-electron chi connectivity index (χ3n) is 3.15. The summed E-state index contributed by atoms with van der Waals surface area (Å²) >= 11 is 0. The summed E-state index contributed by atoms with van der Waals surface area (Å²) in [6, 6.07) is 3.68. The highest BCUT2D eigenvalue weighted by Crippen LogP contribution is 2.08. The minimum Gasteiger partial charge on any atom is -0.460 e. The Morgan fingerprint density at radius 2 is 1.90 bits per heavy atom. The van der Waals surface area contributed by atoms with Crippen LogP contribution in [-0.2, 0) is 4.79 Å². The van der Waals surface area contributed by atoms with E-state index in [2.05, 4.69) is 17.5 Å². The van der Waals surface area contributed by atoms with Gasteiger partial charge in [-0.1, -0.05) is 45.4 Å². The van der Waals surface area contributed by atoms with E-state index in [0.29, 0.717) is 12.2 Å². The maximum absolute atomic E-state index is 11.5. The standard InChI is InChI=1S/C16H26N2O2/c1-3-4-5-6-7-8-9-10-16(19)18-17-13-15-12-11-14(2)20-15/h11-13H,3-10H2,1-2H3,(H,18,19). The highest BCUT2D eigenvalue weighted by molar-refractivity contribution is 5.80. The fraction of sp³-hybridized carbons (Fsp3) is 0.625. The van der Waals surface area contributed by atoms with Crippen molar-refractivity contribution in [2.24, 2.45) is 5.10 Å². The number of nitrogens with one attached hydrogen (secondary N) is 1. The molecule has 1 aromatic rings. The average molecular weight is 278 g/mol. The summed E-state index contributed by atoms with van der Waals surface area (Å²) < 4.78 is 5.31. The Kier molecular flexibility index (Phi) is 8.43. The molecule has 0 spiro atoms. The van der Waals surface area contributed by atoms with Crippen LogP contribution in [0.3, 0.4) is 0 Å². The monoisotopic (exact) mass is 278 g/mol. The molecular formula is C16H26N2O2. The molecule has 0 bridgehead atoms. The molecule has 0 saturated carbocycles. The summed E-state index contributed by atoms with van der Waals surface area (Å²) in [6.45, 7) is 4.09. The van der Waals surface area contributed by atoms with E-state index in [1.165, 1.54) is 38.3 Å². The van der Waals surface area contributed by atoms with E-state index in [1.807, 2.05) is 19.1 Å². The van der Waals surface area contributed by atoms with Crippen LogP contribution in [0, 0.1) is 6.92 Å². The summed E-state index contributed by atoms with van der Waals surface area (Å²) in [6.07, 6.45) is 10.5. The number of aryl methyl sites for hydroxylation is 1. The van der Waals surface area contributed by atoms with Gasteiger partial charge in [-0.05, 0) is 25.5 Å². The van der Waals surface area contributed by atoms with Crippen molar-refractivity contribution in [2.45, 2.75) is 65.2 Å². The molecule has 1 heterocycles. The Labute approximate surface area is 121 Å². The highest BCUT2D eigenvalue weighted by atomic mass is 16.3. The first kappa shape index (κ1) is 16.5. The summed E-state index contributed by atoms with van der Waals surface area (Å²) in [4.78, 5) is 11.5. The van der Waals surface area contributed by atoms with Crippen molar-refractivity contribution in [1.29, 1.82) is 0 Å². The second-order valence-corrected chi connectivity index (χ2v) is 5.11. The molecule has 4 heteroatoms. The number of amides is 1. The molecule has 0 aromatic carbocycles. The molecule has 0 aliphatic carbocycles. The molecule has 112 valence electrons. The third-order valence-corrected chi connectivity index (χ3v) is 3.15. The second-order valence-electron chi connectivity index (χ2n) is 5.11. The molecule has 0 atom stereocenters. The van der Waals surface area contributed by atoms with Gasteiger partial charge < -0.3 is 4.42 Å². The molecule has 0 aliphatic rings. The van der Waals surface area contributed by atoms with Gasteiger partial charge in [-0.25, -0.2) is 5.43 Å². The van der Waals surface area contributed by atoms with Crippen LogP contribution in [0.5, 0.6) is 0 Å². The lowest BCUT2D eigenvalue weighted by Crippen LogP contribution is -2.16. The summed E-state index contributed by atoms with van der Waals surface area (Å²) in [5.41, 5.74) is 2.52. The van der Waals surface area contributed by atoms with Crippen LogP contribution in [0.2, 0.25) is 0 Å². The SMILES string of the molecule is CCCCCCCCCC(=O)NN=Cc1ccc(C)o1. The number of nitrogens with zero attached hydrogens (tertiary/aromatic N) is 1. The summed E-state index contributed by atoms with van der Waals surface area (Å²) in [5.74, 6) is 1.46. The zero-order valence-corrected chi connectivity index (χ0v) is 12.7. The predicted molar refractivity (Wildman–Crippen MR) is 81.8 cm³/mol. The first-order chi connectivity index (χ1) is 9.72. The predicted octanol–water partition coefficient (Wildman–Crippen LogP) is 4.18. The van der Waals surface area contributed by atoms with Crippen molar-refractivity contribution in [3.05, 3.63) is 23.7 Å². The minimum atomic E-state index is -0.0295. The van der Waals surface area contributed by atoms with Gasteiger partial charge in [-0.15, -0.1) is 0 Å². The number of rotatable bonds is 10. The van der Waals surface area contributed by atoms with Crippen LogP contribution in [-0.4, -0.2) is 12.1 Å². The zero-order chi connectivity index (χ0) is 14.6. The maximum Gasteiger partial charge on any atom is 0.240 e. The van der Waals surface area contributed by atoms with Gasteiger partial charge in [0.1, 0.15) is 11.5 Å². The number of furan rings is 1. The largest absolute Gasteiger partial charge is 0.460 e. The van der Waals surface area contributed by atoms with E-state index < -0.39 is 0 Å². The third kappa shape index (κ3) is 7.77. The number of unbranched alkanes of at least 4 members (excludes halogenated alkanes) is 6. The van der Waals surface area contributed by atoms with Crippen LogP contribution in [0.25, 0.3) is 0 Å². The molecule has 20 heavy (non-hydrogen) atoms. The van der Waals surface area contributed by atoms with E-state index >= 15 is 0 Å². The van der Waals surface area contributed by atoms with E-state index in [4.69, 9.17) is 4.42 Å². The van der Waals surface area contributed by atoms with E-state index in [1.54, 1.807) is 0 Å². The van der Waals surface area contributed by atoms with Gasteiger partial charge in [0.15, 0.2) is 0 Å². The van der Waals surface area contributed by atoms with Gasteiger partial charge >= 0.3 is 0 Å². The lowest BCUT2D eigenvalue weighted by molar-refractivity contribution is -0.121. The van der Waals surface area contributed by atoms with E-state index in [0.717, 1.165) is 18.6 Å². The van der Waals surface area contributed by atoms with Gasteiger partial charge in [-0.2, -0.15) is 5.10 Å². The molecule has 1 N–H and O–H groups in total. The van der Waals surface area contributed by atoms with Crippen molar-refractivity contribution < 1.29 is 9.21 Å². The smallest absolute Gasteiger partial charge is 0.240 e. The van der Waals surface area contributed by atoms with Gasteiger partial charge in [0.05, 0.1) is 6.21 Å². The molecular weight excluding hydrogens is 252 g/mol. The van der Waals surface area contributed by atoms with E-state index in [9.17, 15) is 4.79 Å². The molecule has 1 amide bonds. The molecule has 0 radical (unpaired) electrons. The van der Waals surface area contributed by atoms with Crippen molar-refractivity contribution in [3.63, 3.8) is 0 Å². The highest BCUT2D eigenvalue weighted by Gasteiger charge is 1.99. The topological polar surface area (TPSA) is 54.6 Å². The van der Waals surface area contributed by atoms with Crippen molar-refractivity contribution in [3.8, 4) is 0 Å². The van der Waals surface area contributed by atoms with Crippen molar-refractivity contribution in [1.82, 2.24) is 5.43 Å². The molecule has 4 nitrogen and oxygen atoms in total. The second kappa shape index (κ2) is 10.2. The number of hydrogen-bond donors (Lipinski definition) is 1. The number of hydrazone groups is 1. The van der Waals surface area contributed by atoms with Crippen LogP contribution in [0.4, 0.5) is 0 Å². The Balaban J connectivity index is 2.01. The van der Waals surface area contributed by atoms with Crippen molar-refractivity contribution in [2.75, 3.05) is 0 Å². The van der Waals surface area contributed by atoms with Crippen LogP contribution >= 0.6 is 0 Å². The Morgan fingerprint density at radius 3 is 2.55 bits per heavy atom. The lowest BCUT2D eigenvalue weighted by atomic mass is 10.1. The molecule has 0 aliphatic heterocycles. The molecule has 0 saturated heterocycles. The zero-order valence-electron chi connectivity index (χ0n) is 12.7. The molecule has 1 aromatic heterocycles. The fourth-order valence-electron chi connectivity index (χ4n) is 1.99. The van der Waals surface area contributed by atoms with Crippen molar-refractivity contribution >= 4 is 12.1 Å². The normalized spacial score (nSPS) is 11.1.